The number of phenols is 2. The van der Waals surface area contributed by atoms with Crippen molar-refractivity contribution in [3.8, 4) is 11.5 Å². The number of rotatable bonds is 0. The van der Waals surface area contributed by atoms with E-state index in [4.69, 9.17) is 4.74 Å². The molecular formula is C18H12O5. The Morgan fingerprint density at radius 2 is 1.39 bits per heavy atom. The SMILES string of the molecule is O=C1CCC(=C2c3cccc(O)c3C(=O)c3c(O)cccc32)O1. The number of hydrogen-bond donors (Lipinski definition) is 2. The average molecular weight is 308 g/mol. The van der Waals surface area contributed by atoms with Gasteiger partial charge in [0.25, 0.3) is 0 Å². The molecule has 1 aliphatic heterocycles. The van der Waals surface area contributed by atoms with E-state index in [1.807, 2.05) is 0 Å². The van der Waals surface area contributed by atoms with Crippen LogP contribution in [0.2, 0.25) is 0 Å². The normalized spacial score (nSPS) is 16.2. The van der Waals surface area contributed by atoms with Crippen molar-refractivity contribution in [1.29, 1.82) is 0 Å². The minimum atomic E-state index is -0.445. The number of aromatic hydroxyl groups is 2. The molecule has 1 saturated heterocycles. The van der Waals surface area contributed by atoms with E-state index in [1.54, 1.807) is 24.3 Å². The van der Waals surface area contributed by atoms with Gasteiger partial charge in [-0.25, -0.2) is 0 Å². The van der Waals surface area contributed by atoms with Gasteiger partial charge in [-0.05, 0) is 12.1 Å². The van der Waals surface area contributed by atoms with Crippen molar-refractivity contribution in [3.63, 3.8) is 0 Å². The van der Waals surface area contributed by atoms with Crippen LogP contribution in [0.5, 0.6) is 11.5 Å². The third kappa shape index (κ3) is 1.86. The van der Waals surface area contributed by atoms with E-state index >= 15 is 0 Å². The molecule has 5 nitrogen and oxygen atoms in total. The highest BCUT2D eigenvalue weighted by molar-refractivity contribution is 6.21. The van der Waals surface area contributed by atoms with Gasteiger partial charge >= 0.3 is 5.97 Å². The van der Waals surface area contributed by atoms with Crippen molar-refractivity contribution >= 4 is 17.3 Å². The largest absolute Gasteiger partial charge is 0.507 e. The molecule has 0 atom stereocenters. The number of hydrogen-bond acceptors (Lipinski definition) is 5. The maximum absolute atomic E-state index is 12.7. The van der Waals surface area contributed by atoms with Gasteiger partial charge in [-0.15, -0.1) is 0 Å². The fourth-order valence-electron chi connectivity index (χ4n) is 3.18. The molecule has 114 valence electrons. The zero-order valence-electron chi connectivity index (χ0n) is 12.0. The van der Waals surface area contributed by atoms with Crippen molar-refractivity contribution in [2.45, 2.75) is 12.8 Å². The van der Waals surface area contributed by atoms with Gasteiger partial charge in [0, 0.05) is 23.1 Å². The predicted octanol–water partition coefficient (Wildman–Crippen LogP) is 2.74. The van der Waals surface area contributed by atoms with E-state index in [1.165, 1.54) is 12.1 Å². The number of ether oxygens (including phenoxy) is 1. The van der Waals surface area contributed by atoms with Crippen LogP contribution < -0.4 is 0 Å². The number of ketones is 1. The smallest absolute Gasteiger partial charge is 0.311 e. The molecule has 23 heavy (non-hydrogen) atoms. The van der Waals surface area contributed by atoms with Crippen molar-refractivity contribution in [1.82, 2.24) is 0 Å². The van der Waals surface area contributed by atoms with Crippen molar-refractivity contribution in [2.75, 3.05) is 0 Å². The van der Waals surface area contributed by atoms with Crippen LogP contribution in [0.4, 0.5) is 0 Å². The second-order valence-electron chi connectivity index (χ2n) is 5.50. The van der Waals surface area contributed by atoms with Crippen LogP contribution in [0.15, 0.2) is 42.2 Å². The Kier molecular flexibility index (Phi) is 2.78. The first-order valence-electron chi connectivity index (χ1n) is 7.21. The molecule has 4 rings (SSSR count). The summed E-state index contributed by atoms with van der Waals surface area (Å²) in [5.74, 6) is -0.637. The fourth-order valence-corrected chi connectivity index (χ4v) is 3.18. The first kappa shape index (κ1) is 13.6. The lowest BCUT2D eigenvalue weighted by molar-refractivity contribution is -0.135. The second-order valence-corrected chi connectivity index (χ2v) is 5.50. The molecular weight excluding hydrogens is 296 g/mol. The molecule has 1 fully saturated rings. The first-order chi connectivity index (χ1) is 11.1. The molecule has 2 aromatic carbocycles. The first-order valence-corrected chi connectivity index (χ1v) is 7.21. The van der Waals surface area contributed by atoms with Crippen LogP contribution in [-0.2, 0) is 9.53 Å². The number of esters is 1. The summed E-state index contributed by atoms with van der Waals surface area (Å²) in [5.41, 5.74) is 1.83. The van der Waals surface area contributed by atoms with Crippen LogP contribution in [0.25, 0.3) is 5.57 Å². The van der Waals surface area contributed by atoms with Crippen LogP contribution in [0, 0.1) is 0 Å². The number of benzene rings is 2. The third-order valence-electron chi connectivity index (χ3n) is 4.15. The summed E-state index contributed by atoms with van der Waals surface area (Å²) in [6.07, 6.45) is 0.696. The lowest BCUT2D eigenvalue weighted by Gasteiger charge is -2.23. The van der Waals surface area contributed by atoms with Gasteiger partial charge in [0.2, 0.25) is 5.78 Å². The van der Waals surface area contributed by atoms with E-state index in [0.717, 1.165) is 0 Å². The highest BCUT2D eigenvalue weighted by Gasteiger charge is 2.35. The number of carbonyl (C=O) groups is 2. The van der Waals surface area contributed by atoms with Crippen molar-refractivity contribution in [2.24, 2.45) is 0 Å². The molecule has 1 aliphatic carbocycles. The molecule has 5 heteroatoms. The standard InChI is InChI=1S/C18H12O5/c19-11-5-1-3-9-15(13-7-8-14(21)23-13)10-4-2-6-12(20)17(10)18(22)16(9)11/h1-6,19-20H,7-8H2. The predicted molar refractivity (Wildman–Crippen MR) is 81.0 cm³/mol. The number of allylic oxidation sites excluding steroid dienone is 1. The second kappa shape index (κ2) is 4.71. The van der Waals surface area contributed by atoms with E-state index < -0.39 is 5.78 Å². The molecule has 0 unspecified atom stereocenters. The molecule has 2 aromatic rings. The van der Waals surface area contributed by atoms with Gasteiger partial charge in [0.15, 0.2) is 0 Å². The van der Waals surface area contributed by atoms with Crippen LogP contribution in [0.3, 0.4) is 0 Å². The summed E-state index contributed by atoms with van der Waals surface area (Å²) in [4.78, 5) is 24.2. The van der Waals surface area contributed by atoms with Gasteiger partial charge in [-0.1, -0.05) is 24.3 Å². The van der Waals surface area contributed by atoms with Crippen molar-refractivity contribution in [3.05, 3.63) is 64.4 Å². The Bertz CT molecular complexity index is 850. The summed E-state index contributed by atoms with van der Waals surface area (Å²) in [6.45, 7) is 0. The number of carbonyl (C=O) groups excluding carboxylic acids is 2. The Balaban J connectivity index is 2.11. The highest BCUT2D eigenvalue weighted by atomic mass is 16.5. The molecule has 0 aromatic heterocycles. The van der Waals surface area contributed by atoms with Gasteiger partial charge in [0.1, 0.15) is 17.3 Å². The van der Waals surface area contributed by atoms with Crippen LogP contribution in [0.1, 0.15) is 39.9 Å². The molecule has 1 heterocycles. The van der Waals surface area contributed by atoms with E-state index in [2.05, 4.69) is 0 Å². The summed E-state index contributed by atoms with van der Waals surface area (Å²) < 4.78 is 5.30. The van der Waals surface area contributed by atoms with Gasteiger partial charge in [-0.2, -0.15) is 0 Å². The van der Waals surface area contributed by atoms with Gasteiger partial charge < -0.3 is 14.9 Å². The summed E-state index contributed by atoms with van der Waals surface area (Å²) in [7, 11) is 0. The number of fused-ring (bicyclic) bond motifs is 2. The number of phenolic OH excluding ortho intramolecular Hbond substituents is 2. The van der Waals surface area contributed by atoms with Crippen LogP contribution in [-0.4, -0.2) is 22.0 Å². The summed E-state index contributed by atoms with van der Waals surface area (Å²) in [5, 5.41) is 20.2. The number of cyclic esters (lactones) is 1. The topological polar surface area (TPSA) is 83.8 Å². The minimum Gasteiger partial charge on any atom is -0.507 e. The Morgan fingerprint density at radius 1 is 0.826 bits per heavy atom. The van der Waals surface area contributed by atoms with E-state index in [0.29, 0.717) is 28.9 Å². The Hall–Kier alpha value is -3.08. The molecule has 0 radical (unpaired) electrons. The fraction of sp³-hybridized carbons (Fsp3) is 0.111. The summed E-state index contributed by atoms with van der Waals surface area (Å²) in [6, 6.07) is 9.51. The van der Waals surface area contributed by atoms with E-state index in [-0.39, 0.29) is 35.0 Å². The monoisotopic (exact) mass is 308 g/mol. The third-order valence-corrected chi connectivity index (χ3v) is 4.15. The molecule has 2 aliphatic rings. The zero-order valence-corrected chi connectivity index (χ0v) is 12.0. The lowest BCUT2D eigenvalue weighted by atomic mass is 9.79. The highest BCUT2D eigenvalue weighted by Crippen LogP contribution is 2.45. The lowest BCUT2D eigenvalue weighted by Crippen LogP contribution is -2.16. The molecule has 2 N–H and O–H groups in total. The van der Waals surface area contributed by atoms with Gasteiger partial charge in [-0.3, -0.25) is 9.59 Å². The van der Waals surface area contributed by atoms with E-state index in [9.17, 15) is 19.8 Å². The van der Waals surface area contributed by atoms with Gasteiger partial charge in [0.05, 0.1) is 17.5 Å². The Labute approximate surface area is 131 Å². The molecule has 0 amide bonds. The zero-order chi connectivity index (χ0) is 16.1. The molecule has 0 saturated carbocycles. The van der Waals surface area contributed by atoms with Crippen molar-refractivity contribution < 1.29 is 24.5 Å². The van der Waals surface area contributed by atoms with Crippen LogP contribution >= 0.6 is 0 Å². The Morgan fingerprint density at radius 3 is 1.87 bits per heavy atom. The quantitative estimate of drug-likeness (QED) is 0.624. The molecule has 0 spiro atoms. The maximum atomic E-state index is 12.7. The average Bonchev–Trinajstić information content (AvgIpc) is 2.93. The minimum absolute atomic E-state index is 0.118. The molecule has 0 bridgehead atoms. The maximum Gasteiger partial charge on any atom is 0.311 e. The summed E-state index contributed by atoms with van der Waals surface area (Å²) >= 11 is 0.